The Hall–Kier alpha value is -1.85. The first-order valence-electron chi connectivity index (χ1n) is 7.20. The lowest BCUT2D eigenvalue weighted by molar-refractivity contribution is -0.134. The van der Waals surface area contributed by atoms with Gasteiger partial charge in [-0.15, -0.1) is 0 Å². The van der Waals surface area contributed by atoms with E-state index in [9.17, 15) is 9.59 Å². The van der Waals surface area contributed by atoms with Crippen LogP contribution < -0.4 is 5.32 Å². The number of rotatable bonds is 4. The van der Waals surface area contributed by atoms with Gasteiger partial charge in [-0.3, -0.25) is 14.3 Å². The Morgan fingerprint density at radius 3 is 2.85 bits per heavy atom. The van der Waals surface area contributed by atoms with Crippen molar-refractivity contribution in [2.24, 2.45) is 13.0 Å². The zero-order valence-corrected chi connectivity index (χ0v) is 11.7. The van der Waals surface area contributed by atoms with Crippen LogP contribution in [0.1, 0.15) is 25.0 Å². The lowest BCUT2D eigenvalue weighted by Gasteiger charge is -2.24. The average Bonchev–Trinajstić information content (AvgIpc) is 3.20. The molecule has 3 rings (SSSR count). The molecule has 2 fully saturated rings. The largest absolute Gasteiger partial charge is 0.344 e. The molecule has 1 N–H and O–H groups in total. The van der Waals surface area contributed by atoms with E-state index in [0.29, 0.717) is 25.4 Å². The highest BCUT2D eigenvalue weighted by Gasteiger charge is 2.40. The number of carbonyl (C=O) groups excluding carboxylic acids is 2. The van der Waals surface area contributed by atoms with Gasteiger partial charge < -0.3 is 10.2 Å². The molecule has 20 heavy (non-hydrogen) atoms. The summed E-state index contributed by atoms with van der Waals surface area (Å²) >= 11 is 0. The fourth-order valence-electron chi connectivity index (χ4n) is 2.72. The fourth-order valence-corrected chi connectivity index (χ4v) is 2.72. The van der Waals surface area contributed by atoms with Crippen molar-refractivity contribution in [3.8, 4) is 0 Å². The van der Waals surface area contributed by atoms with Crippen LogP contribution in [0.25, 0.3) is 0 Å². The molecule has 1 unspecified atom stereocenters. The molecule has 0 aromatic carbocycles. The van der Waals surface area contributed by atoms with Crippen LogP contribution in [0.5, 0.6) is 0 Å². The molecular weight excluding hydrogens is 256 g/mol. The van der Waals surface area contributed by atoms with E-state index in [1.54, 1.807) is 6.20 Å². The first-order valence-corrected chi connectivity index (χ1v) is 7.20. The zero-order valence-electron chi connectivity index (χ0n) is 11.7. The van der Waals surface area contributed by atoms with Crippen molar-refractivity contribution in [1.82, 2.24) is 20.0 Å². The number of nitrogens with one attached hydrogen (secondary N) is 1. The smallest absolute Gasteiger partial charge is 0.245 e. The molecule has 1 aromatic rings. The molecule has 1 atom stereocenters. The van der Waals surface area contributed by atoms with Gasteiger partial charge >= 0.3 is 0 Å². The average molecular weight is 276 g/mol. The Morgan fingerprint density at radius 1 is 1.40 bits per heavy atom. The van der Waals surface area contributed by atoms with E-state index in [1.165, 1.54) is 0 Å². The number of carbonyl (C=O) groups is 2. The Balaban J connectivity index is 1.66. The van der Waals surface area contributed by atoms with Crippen LogP contribution in [0, 0.1) is 5.92 Å². The van der Waals surface area contributed by atoms with Gasteiger partial charge in [0.25, 0.3) is 0 Å². The van der Waals surface area contributed by atoms with Gasteiger partial charge in [0.2, 0.25) is 11.8 Å². The minimum atomic E-state index is -0.295. The van der Waals surface area contributed by atoms with Crippen LogP contribution in [-0.4, -0.2) is 45.6 Å². The van der Waals surface area contributed by atoms with Crippen molar-refractivity contribution in [2.75, 3.05) is 13.1 Å². The summed E-state index contributed by atoms with van der Waals surface area (Å²) in [6.45, 7) is 1.17. The molecule has 1 aromatic heterocycles. The van der Waals surface area contributed by atoms with E-state index in [2.05, 4.69) is 10.4 Å². The maximum Gasteiger partial charge on any atom is 0.245 e. The first kappa shape index (κ1) is 13.1. The summed E-state index contributed by atoms with van der Waals surface area (Å²) in [5.41, 5.74) is 1.10. The highest BCUT2D eigenvalue weighted by atomic mass is 16.2. The SMILES string of the molecule is Cn1nccc1CCN1CCC(=O)NC(C2CC2)C1=O. The topological polar surface area (TPSA) is 67.2 Å². The number of nitrogens with zero attached hydrogens (tertiary/aromatic N) is 3. The maximum atomic E-state index is 12.5. The van der Waals surface area contributed by atoms with Gasteiger partial charge in [0.05, 0.1) is 0 Å². The molecule has 6 nitrogen and oxygen atoms in total. The molecule has 108 valence electrons. The van der Waals surface area contributed by atoms with E-state index in [-0.39, 0.29) is 17.9 Å². The van der Waals surface area contributed by atoms with E-state index in [0.717, 1.165) is 25.0 Å². The second-order valence-electron chi connectivity index (χ2n) is 5.65. The maximum absolute atomic E-state index is 12.5. The lowest BCUT2D eigenvalue weighted by atomic mass is 10.1. The van der Waals surface area contributed by atoms with Crippen molar-refractivity contribution in [2.45, 2.75) is 31.7 Å². The summed E-state index contributed by atoms with van der Waals surface area (Å²) in [5, 5.41) is 7.01. The number of hydrogen-bond acceptors (Lipinski definition) is 3. The molecule has 1 saturated heterocycles. The molecule has 0 bridgehead atoms. The summed E-state index contributed by atoms with van der Waals surface area (Å²) in [4.78, 5) is 26.0. The van der Waals surface area contributed by atoms with Crippen LogP contribution >= 0.6 is 0 Å². The van der Waals surface area contributed by atoms with Gasteiger partial charge in [0, 0.05) is 44.9 Å². The highest BCUT2D eigenvalue weighted by molar-refractivity contribution is 5.90. The third kappa shape index (κ3) is 2.69. The van der Waals surface area contributed by atoms with Crippen LogP contribution in [-0.2, 0) is 23.1 Å². The van der Waals surface area contributed by atoms with E-state index >= 15 is 0 Å². The van der Waals surface area contributed by atoms with E-state index in [1.807, 2.05) is 22.7 Å². The van der Waals surface area contributed by atoms with Crippen molar-refractivity contribution in [3.63, 3.8) is 0 Å². The minimum Gasteiger partial charge on any atom is -0.344 e. The molecule has 2 aliphatic rings. The molecule has 0 spiro atoms. The van der Waals surface area contributed by atoms with Crippen LogP contribution in [0.15, 0.2) is 12.3 Å². The third-order valence-corrected chi connectivity index (χ3v) is 4.16. The van der Waals surface area contributed by atoms with Gasteiger partial charge in [0.1, 0.15) is 6.04 Å². The van der Waals surface area contributed by atoms with Gasteiger partial charge in [-0.2, -0.15) is 5.10 Å². The van der Waals surface area contributed by atoms with Crippen LogP contribution in [0.4, 0.5) is 0 Å². The normalized spacial score (nSPS) is 23.6. The third-order valence-electron chi connectivity index (χ3n) is 4.16. The minimum absolute atomic E-state index is 0.00159. The van der Waals surface area contributed by atoms with Gasteiger partial charge in [-0.05, 0) is 24.8 Å². The molecule has 1 saturated carbocycles. The fraction of sp³-hybridized carbons (Fsp3) is 0.643. The summed E-state index contributed by atoms with van der Waals surface area (Å²) in [5.74, 6) is 0.433. The van der Waals surface area contributed by atoms with Crippen LogP contribution in [0.2, 0.25) is 0 Å². The summed E-state index contributed by atoms with van der Waals surface area (Å²) < 4.78 is 1.82. The first-order chi connectivity index (χ1) is 9.65. The Morgan fingerprint density at radius 2 is 2.20 bits per heavy atom. The molecular formula is C14H20N4O2. The second kappa shape index (κ2) is 5.26. The zero-order chi connectivity index (χ0) is 14.1. The molecule has 0 radical (unpaired) electrons. The number of amides is 2. The predicted molar refractivity (Wildman–Crippen MR) is 72.8 cm³/mol. The van der Waals surface area contributed by atoms with Crippen molar-refractivity contribution < 1.29 is 9.59 Å². The molecule has 6 heteroatoms. The standard InChI is InChI=1S/C14H20N4O2/c1-17-11(4-7-15-17)5-8-18-9-6-12(19)16-13(14(18)20)10-2-3-10/h4,7,10,13H,2-3,5-6,8-9H2,1H3,(H,16,19). The van der Waals surface area contributed by atoms with Crippen molar-refractivity contribution in [1.29, 1.82) is 0 Å². The number of hydrogen-bond donors (Lipinski definition) is 1. The molecule has 1 aliphatic carbocycles. The van der Waals surface area contributed by atoms with E-state index in [4.69, 9.17) is 0 Å². The Labute approximate surface area is 118 Å². The monoisotopic (exact) mass is 276 g/mol. The second-order valence-corrected chi connectivity index (χ2v) is 5.65. The van der Waals surface area contributed by atoms with Crippen molar-refractivity contribution in [3.05, 3.63) is 18.0 Å². The quantitative estimate of drug-likeness (QED) is 0.847. The summed E-state index contributed by atoms with van der Waals surface area (Å²) in [6, 6.07) is 1.67. The summed E-state index contributed by atoms with van der Waals surface area (Å²) in [6.07, 6.45) is 5.03. The molecule has 2 heterocycles. The Kier molecular flexibility index (Phi) is 3.46. The van der Waals surface area contributed by atoms with Gasteiger partial charge in [0.15, 0.2) is 0 Å². The molecule has 1 aliphatic heterocycles. The highest BCUT2D eigenvalue weighted by Crippen LogP contribution is 2.34. The lowest BCUT2D eigenvalue weighted by Crippen LogP contribution is -2.46. The molecule has 2 amide bonds. The Bertz CT molecular complexity index is 521. The van der Waals surface area contributed by atoms with Crippen LogP contribution in [0.3, 0.4) is 0 Å². The number of aromatic nitrogens is 2. The van der Waals surface area contributed by atoms with Gasteiger partial charge in [-0.1, -0.05) is 0 Å². The predicted octanol–water partition coefficient (Wildman–Crippen LogP) is 0.0897. The number of aryl methyl sites for hydroxylation is 1. The van der Waals surface area contributed by atoms with Crippen molar-refractivity contribution >= 4 is 11.8 Å². The van der Waals surface area contributed by atoms with Gasteiger partial charge in [-0.25, -0.2) is 0 Å². The van der Waals surface area contributed by atoms with E-state index < -0.39 is 0 Å². The summed E-state index contributed by atoms with van der Waals surface area (Å²) in [7, 11) is 1.90.